The second-order valence-corrected chi connectivity index (χ2v) is 7.79. The molecule has 0 atom stereocenters. The normalized spacial score (nSPS) is 14.3. The number of methoxy groups -OCH3 is 1. The number of benzene rings is 2. The number of hydrogen-bond donors (Lipinski definition) is 4. The number of aromatic amines is 1. The van der Waals surface area contributed by atoms with Gasteiger partial charge in [0.2, 0.25) is 0 Å². The zero-order valence-corrected chi connectivity index (χ0v) is 17.8. The highest BCUT2D eigenvalue weighted by molar-refractivity contribution is 6.35. The summed E-state index contributed by atoms with van der Waals surface area (Å²) in [5.41, 5.74) is 8.14. The highest BCUT2D eigenvalue weighted by Crippen LogP contribution is 2.37. The number of amides is 1. The lowest BCUT2D eigenvalue weighted by Crippen LogP contribution is -2.06. The van der Waals surface area contributed by atoms with E-state index in [1.165, 1.54) is 0 Å². The van der Waals surface area contributed by atoms with Crippen molar-refractivity contribution >= 4 is 23.2 Å². The Kier molecular flexibility index (Phi) is 5.67. The van der Waals surface area contributed by atoms with E-state index in [1.54, 1.807) is 7.11 Å². The van der Waals surface area contributed by atoms with Crippen molar-refractivity contribution in [3.05, 3.63) is 70.5 Å². The number of aromatic nitrogens is 1. The summed E-state index contributed by atoms with van der Waals surface area (Å²) in [7, 11) is 1.64. The fraction of sp³-hybridized carbons (Fsp3) is 0.240. The maximum absolute atomic E-state index is 12.7. The second-order valence-electron chi connectivity index (χ2n) is 7.79. The van der Waals surface area contributed by atoms with E-state index in [9.17, 15) is 15.0 Å². The van der Waals surface area contributed by atoms with Crippen molar-refractivity contribution in [2.75, 3.05) is 12.4 Å². The minimum atomic E-state index is -1.33. The predicted molar refractivity (Wildman–Crippen MR) is 122 cm³/mol. The van der Waals surface area contributed by atoms with Gasteiger partial charge in [-0.2, -0.15) is 0 Å². The number of aliphatic hydroxyl groups excluding tert-OH is 1. The van der Waals surface area contributed by atoms with Gasteiger partial charge in [-0.3, -0.25) is 4.79 Å². The van der Waals surface area contributed by atoms with Crippen LogP contribution in [-0.2, 0) is 11.2 Å². The molecule has 1 aliphatic heterocycles. The first kappa shape index (κ1) is 20.9. The van der Waals surface area contributed by atoms with Crippen LogP contribution in [0.25, 0.3) is 22.8 Å². The first-order valence-corrected chi connectivity index (χ1v) is 10.2. The molecule has 1 aliphatic rings. The summed E-state index contributed by atoms with van der Waals surface area (Å²) in [5.74, 6) is 0.640. The molecule has 0 saturated carbocycles. The monoisotopic (exact) mass is 418 g/mol. The maximum atomic E-state index is 12.7. The fourth-order valence-corrected chi connectivity index (χ4v) is 4.07. The van der Waals surface area contributed by atoms with Gasteiger partial charge in [0.05, 0.1) is 12.7 Å². The van der Waals surface area contributed by atoms with Crippen LogP contribution in [-0.4, -0.2) is 34.5 Å². The Morgan fingerprint density at radius 2 is 1.87 bits per heavy atom. The molecule has 3 aromatic rings. The van der Waals surface area contributed by atoms with E-state index < -0.39 is 6.29 Å². The average molecular weight is 418 g/mol. The molecule has 4 rings (SSSR count). The van der Waals surface area contributed by atoms with Gasteiger partial charge in [-0.05, 0) is 66.8 Å². The van der Waals surface area contributed by atoms with E-state index >= 15 is 0 Å². The van der Waals surface area contributed by atoms with E-state index in [0.717, 1.165) is 50.6 Å². The number of fused-ring (bicyclic) bond motifs is 1. The number of rotatable bonds is 6. The van der Waals surface area contributed by atoms with Crippen molar-refractivity contribution < 1.29 is 19.7 Å². The van der Waals surface area contributed by atoms with Crippen molar-refractivity contribution in [3.8, 4) is 16.9 Å². The SMILES string of the molecule is COc1cccc(-c2ccc3c(c2)NC(=O)/C3=C\c2[nH]c(C)c(CCC(O)O)c2C)c1. The largest absolute Gasteiger partial charge is 0.497 e. The highest BCUT2D eigenvalue weighted by Gasteiger charge is 2.25. The number of aliphatic hydroxyl groups is 2. The standard InChI is InChI=1S/C25H26N2O4/c1-14-19(9-10-24(28)29)15(2)26-22(14)13-21-20-8-7-17(12-23(20)27-25(21)30)16-5-4-6-18(11-16)31-3/h4-8,11-13,24,26,28-29H,9-10H2,1-3H3,(H,27,30)/b21-13-. The smallest absolute Gasteiger partial charge is 0.256 e. The third-order valence-electron chi connectivity index (χ3n) is 5.78. The average Bonchev–Trinajstić information content (AvgIpc) is 3.21. The fourth-order valence-electron chi connectivity index (χ4n) is 4.07. The number of aryl methyl sites for hydroxylation is 1. The van der Waals surface area contributed by atoms with Gasteiger partial charge in [-0.25, -0.2) is 0 Å². The lowest BCUT2D eigenvalue weighted by molar-refractivity contribution is -0.110. The molecule has 6 nitrogen and oxygen atoms in total. The highest BCUT2D eigenvalue weighted by atomic mass is 16.5. The number of anilines is 1. The van der Waals surface area contributed by atoms with E-state index in [2.05, 4.69) is 10.3 Å². The minimum absolute atomic E-state index is 0.142. The van der Waals surface area contributed by atoms with Crippen LogP contribution in [0.1, 0.15) is 34.5 Å². The molecule has 0 bridgehead atoms. The van der Waals surface area contributed by atoms with Gasteiger partial charge in [-0.1, -0.05) is 24.3 Å². The quantitative estimate of drug-likeness (QED) is 0.359. The Hall–Kier alpha value is -3.35. The van der Waals surface area contributed by atoms with Crippen molar-refractivity contribution in [2.45, 2.75) is 33.0 Å². The first-order valence-electron chi connectivity index (χ1n) is 10.2. The number of hydrogen-bond acceptors (Lipinski definition) is 4. The Labute approximate surface area is 181 Å². The number of H-pyrrole nitrogens is 1. The third kappa shape index (κ3) is 4.13. The minimum Gasteiger partial charge on any atom is -0.497 e. The molecule has 0 spiro atoms. The molecule has 0 radical (unpaired) electrons. The summed E-state index contributed by atoms with van der Waals surface area (Å²) in [4.78, 5) is 16.1. The molecular weight excluding hydrogens is 392 g/mol. The molecule has 4 N–H and O–H groups in total. The van der Waals surface area contributed by atoms with E-state index in [4.69, 9.17) is 4.74 Å². The molecule has 0 unspecified atom stereocenters. The number of ether oxygens (including phenoxy) is 1. The molecule has 2 aromatic carbocycles. The number of carbonyl (C=O) groups excluding carboxylic acids is 1. The molecule has 1 amide bonds. The van der Waals surface area contributed by atoms with E-state index in [-0.39, 0.29) is 12.3 Å². The van der Waals surface area contributed by atoms with Crippen LogP contribution < -0.4 is 10.1 Å². The molecule has 6 heteroatoms. The van der Waals surface area contributed by atoms with Gasteiger partial charge in [0, 0.05) is 29.1 Å². The third-order valence-corrected chi connectivity index (χ3v) is 5.78. The van der Waals surface area contributed by atoms with Gasteiger partial charge in [-0.15, -0.1) is 0 Å². The Bertz CT molecular complexity index is 1170. The molecule has 31 heavy (non-hydrogen) atoms. The molecule has 160 valence electrons. The molecule has 0 aliphatic carbocycles. The zero-order chi connectivity index (χ0) is 22.1. The van der Waals surface area contributed by atoms with Crippen LogP contribution >= 0.6 is 0 Å². The van der Waals surface area contributed by atoms with Crippen LogP contribution in [0.5, 0.6) is 5.75 Å². The van der Waals surface area contributed by atoms with Crippen molar-refractivity contribution in [1.29, 1.82) is 0 Å². The summed E-state index contributed by atoms with van der Waals surface area (Å²) < 4.78 is 5.31. The first-order chi connectivity index (χ1) is 14.9. The van der Waals surface area contributed by atoms with Gasteiger partial charge in [0.25, 0.3) is 5.91 Å². The molecule has 1 aromatic heterocycles. The Balaban J connectivity index is 1.68. The van der Waals surface area contributed by atoms with Crippen LogP contribution in [0.2, 0.25) is 0 Å². The van der Waals surface area contributed by atoms with Crippen LogP contribution in [0.4, 0.5) is 5.69 Å². The van der Waals surface area contributed by atoms with Crippen LogP contribution in [0.15, 0.2) is 42.5 Å². The molecule has 0 fully saturated rings. The van der Waals surface area contributed by atoms with Crippen molar-refractivity contribution in [1.82, 2.24) is 4.98 Å². The maximum Gasteiger partial charge on any atom is 0.256 e. The zero-order valence-electron chi connectivity index (χ0n) is 17.8. The summed E-state index contributed by atoms with van der Waals surface area (Å²) >= 11 is 0. The van der Waals surface area contributed by atoms with Crippen molar-refractivity contribution in [3.63, 3.8) is 0 Å². The van der Waals surface area contributed by atoms with Crippen molar-refractivity contribution in [2.24, 2.45) is 0 Å². The van der Waals surface area contributed by atoms with E-state index in [1.807, 2.05) is 62.4 Å². The van der Waals surface area contributed by atoms with Gasteiger partial charge >= 0.3 is 0 Å². The number of carbonyl (C=O) groups is 1. The van der Waals surface area contributed by atoms with E-state index in [0.29, 0.717) is 12.0 Å². The van der Waals surface area contributed by atoms with Crippen LogP contribution in [0.3, 0.4) is 0 Å². The summed E-state index contributed by atoms with van der Waals surface area (Å²) in [6.07, 6.45) is 1.36. The van der Waals surface area contributed by atoms with Gasteiger partial charge in [0.15, 0.2) is 6.29 Å². The lowest BCUT2D eigenvalue weighted by Gasteiger charge is -2.07. The Morgan fingerprint density at radius 1 is 1.10 bits per heavy atom. The topological polar surface area (TPSA) is 94.6 Å². The molecule has 0 saturated heterocycles. The lowest BCUT2D eigenvalue weighted by atomic mass is 9.99. The molecular formula is C25H26N2O4. The van der Waals surface area contributed by atoms with Gasteiger partial charge < -0.3 is 25.3 Å². The van der Waals surface area contributed by atoms with Gasteiger partial charge in [0.1, 0.15) is 5.75 Å². The predicted octanol–water partition coefficient (Wildman–Crippen LogP) is 4.04. The summed E-state index contributed by atoms with van der Waals surface area (Å²) in [6.45, 7) is 3.94. The summed E-state index contributed by atoms with van der Waals surface area (Å²) in [5, 5.41) is 21.3. The number of nitrogens with one attached hydrogen (secondary N) is 2. The van der Waals surface area contributed by atoms with Crippen LogP contribution in [0, 0.1) is 13.8 Å². The summed E-state index contributed by atoms with van der Waals surface area (Å²) in [6, 6.07) is 13.7. The molecule has 2 heterocycles. The second kappa shape index (κ2) is 8.41. The Morgan fingerprint density at radius 3 is 2.61 bits per heavy atom.